The van der Waals surface area contributed by atoms with Crippen molar-refractivity contribution in [2.75, 3.05) is 19.0 Å². The molecule has 2 aromatic carbocycles. The molecule has 0 unspecified atom stereocenters. The van der Waals surface area contributed by atoms with Gasteiger partial charge >= 0.3 is 5.97 Å². The van der Waals surface area contributed by atoms with E-state index in [-0.39, 0.29) is 5.75 Å². The van der Waals surface area contributed by atoms with Crippen molar-refractivity contribution in [1.82, 2.24) is 0 Å². The maximum atomic E-state index is 13.1. The van der Waals surface area contributed by atoms with E-state index < -0.39 is 30.1 Å². The van der Waals surface area contributed by atoms with Gasteiger partial charge < -0.3 is 14.8 Å². The molecule has 1 N–H and O–H groups in total. The molecule has 2 rings (SSSR count). The summed E-state index contributed by atoms with van der Waals surface area (Å²) in [4.78, 5) is 23.4. The SMILES string of the molecule is COC(=O)c1ccc(C)c(NC(=O)COc2ccc(F)c(F)c2)c1. The van der Waals surface area contributed by atoms with Gasteiger partial charge in [0.2, 0.25) is 0 Å². The fraction of sp³-hybridized carbons (Fsp3) is 0.176. The van der Waals surface area contributed by atoms with E-state index in [9.17, 15) is 18.4 Å². The van der Waals surface area contributed by atoms with Crippen LogP contribution in [0.15, 0.2) is 36.4 Å². The molecule has 2 aromatic rings. The van der Waals surface area contributed by atoms with Gasteiger partial charge in [0.15, 0.2) is 18.2 Å². The third-order valence-corrected chi connectivity index (χ3v) is 3.19. The Labute approximate surface area is 137 Å². The average molecular weight is 335 g/mol. The van der Waals surface area contributed by atoms with E-state index in [1.54, 1.807) is 19.1 Å². The minimum Gasteiger partial charge on any atom is -0.484 e. The normalized spacial score (nSPS) is 10.2. The van der Waals surface area contributed by atoms with Crippen molar-refractivity contribution in [3.05, 3.63) is 59.2 Å². The van der Waals surface area contributed by atoms with Crippen molar-refractivity contribution in [3.63, 3.8) is 0 Å². The highest BCUT2D eigenvalue weighted by Crippen LogP contribution is 2.18. The number of benzene rings is 2. The van der Waals surface area contributed by atoms with Crippen molar-refractivity contribution in [2.45, 2.75) is 6.92 Å². The molecular weight excluding hydrogens is 320 g/mol. The number of nitrogens with one attached hydrogen (secondary N) is 1. The Kier molecular flexibility index (Phi) is 5.47. The van der Waals surface area contributed by atoms with E-state index in [0.717, 1.165) is 17.7 Å². The van der Waals surface area contributed by atoms with E-state index in [4.69, 9.17) is 4.74 Å². The highest BCUT2D eigenvalue weighted by atomic mass is 19.2. The minimum atomic E-state index is -1.06. The Morgan fingerprint density at radius 3 is 2.50 bits per heavy atom. The maximum absolute atomic E-state index is 13.1. The number of hydrogen-bond acceptors (Lipinski definition) is 4. The topological polar surface area (TPSA) is 64.6 Å². The molecule has 7 heteroatoms. The number of carbonyl (C=O) groups excluding carboxylic acids is 2. The largest absolute Gasteiger partial charge is 0.484 e. The predicted octanol–water partition coefficient (Wildman–Crippen LogP) is 3.08. The Balaban J connectivity index is 2.01. The van der Waals surface area contributed by atoms with Gasteiger partial charge in [0.05, 0.1) is 12.7 Å². The number of esters is 1. The third kappa shape index (κ3) is 4.28. The van der Waals surface area contributed by atoms with Crippen LogP contribution < -0.4 is 10.1 Å². The molecule has 126 valence electrons. The molecule has 0 spiro atoms. The molecular formula is C17H15F2NO4. The van der Waals surface area contributed by atoms with Crippen LogP contribution in [-0.2, 0) is 9.53 Å². The van der Waals surface area contributed by atoms with E-state index >= 15 is 0 Å². The van der Waals surface area contributed by atoms with Crippen LogP contribution in [0.1, 0.15) is 15.9 Å². The number of hydrogen-bond donors (Lipinski definition) is 1. The molecule has 0 aliphatic carbocycles. The summed E-state index contributed by atoms with van der Waals surface area (Å²) < 4.78 is 35.6. The number of methoxy groups -OCH3 is 1. The number of amides is 1. The monoisotopic (exact) mass is 335 g/mol. The first-order chi connectivity index (χ1) is 11.4. The van der Waals surface area contributed by atoms with Gasteiger partial charge in [-0.15, -0.1) is 0 Å². The first-order valence-electron chi connectivity index (χ1n) is 6.97. The fourth-order valence-corrected chi connectivity index (χ4v) is 1.90. The second kappa shape index (κ2) is 7.54. The van der Waals surface area contributed by atoms with Gasteiger partial charge in [-0.25, -0.2) is 13.6 Å². The van der Waals surface area contributed by atoms with Gasteiger partial charge in [0.1, 0.15) is 5.75 Å². The molecule has 0 atom stereocenters. The molecule has 0 aliphatic heterocycles. The van der Waals surface area contributed by atoms with E-state index in [2.05, 4.69) is 10.1 Å². The molecule has 0 heterocycles. The van der Waals surface area contributed by atoms with Crippen LogP contribution in [0.5, 0.6) is 5.75 Å². The molecule has 0 saturated carbocycles. The number of ether oxygens (including phenoxy) is 2. The predicted molar refractivity (Wildman–Crippen MR) is 83.0 cm³/mol. The van der Waals surface area contributed by atoms with Crippen molar-refractivity contribution in [3.8, 4) is 5.75 Å². The fourth-order valence-electron chi connectivity index (χ4n) is 1.90. The summed E-state index contributed by atoms with van der Waals surface area (Å²) in [6.07, 6.45) is 0. The zero-order valence-electron chi connectivity index (χ0n) is 13.1. The summed E-state index contributed by atoms with van der Waals surface area (Å²) in [7, 11) is 1.26. The molecule has 0 bridgehead atoms. The molecule has 0 aromatic heterocycles. The van der Waals surface area contributed by atoms with Crippen LogP contribution in [0.2, 0.25) is 0 Å². The Hall–Kier alpha value is -2.96. The lowest BCUT2D eigenvalue weighted by molar-refractivity contribution is -0.118. The van der Waals surface area contributed by atoms with Crippen molar-refractivity contribution >= 4 is 17.6 Å². The number of aryl methyl sites for hydroxylation is 1. The van der Waals surface area contributed by atoms with Gasteiger partial charge in [0.25, 0.3) is 5.91 Å². The van der Waals surface area contributed by atoms with Gasteiger partial charge in [-0.2, -0.15) is 0 Å². The summed E-state index contributed by atoms with van der Waals surface area (Å²) in [5.74, 6) is -3.06. The van der Waals surface area contributed by atoms with E-state index in [0.29, 0.717) is 11.3 Å². The first-order valence-corrected chi connectivity index (χ1v) is 6.97. The van der Waals surface area contributed by atoms with Crippen molar-refractivity contribution in [1.29, 1.82) is 0 Å². The minimum absolute atomic E-state index is 0.0316. The quantitative estimate of drug-likeness (QED) is 0.853. The second-order valence-corrected chi connectivity index (χ2v) is 4.93. The Bertz CT molecular complexity index is 777. The van der Waals surface area contributed by atoms with Gasteiger partial charge in [0, 0.05) is 11.8 Å². The summed E-state index contributed by atoms with van der Waals surface area (Å²) in [5, 5.41) is 2.59. The zero-order valence-corrected chi connectivity index (χ0v) is 13.1. The van der Waals surface area contributed by atoms with Crippen LogP contribution in [0.4, 0.5) is 14.5 Å². The average Bonchev–Trinajstić information content (AvgIpc) is 2.57. The standard InChI is InChI=1S/C17H15F2NO4/c1-10-3-4-11(17(22)23-2)7-15(10)20-16(21)9-24-12-5-6-13(18)14(19)8-12/h3-8H,9H2,1-2H3,(H,20,21). The molecule has 0 saturated heterocycles. The molecule has 1 amide bonds. The number of rotatable bonds is 5. The van der Waals surface area contributed by atoms with Gasteiger partial charge in [-0.3, -0.25) is 4.79 Å². The number of anilines is 1. The lowest BCUT2D eigenvalue weighted by Crippen LogP contribution is -2.21. The Morgan fingerprint density at radius 1 is 1.08 bits per heavy atom. The molecule has 5 nitrogen and oxygen atoms in total. The molecule has 0 aliphatic rings. The van der Waals surface area contributed by atoms with E-state index in [1.165, 1.54) is 19.2 Å². The highest BCUT2D eigenvalue weighted by Gasteiger charge is 2.11. The Morgan fingerprint density at radius 2 is 1.83 bits per heavy atom. The second-order valence-electron chi connectivity index (χ2n) is 4.93. The van der Waals surface area contributed by atoms with Crippen LogP contribution in [-0.4, -0.2) is 25.6 Å². The molecule has 24 heavy (non-hydrogen) atoms. The third-order valence-electron chi connectivity index (χ3n) is 3.19. The van der Waals surface area contributed by atoms with Crippen LogP contribution >= 0.6 is 0 Å². The van der Waals surface area contributed by atoms with Crippen molar-refractivity contribution < 1.29 is 27.8 Å². The summed E-state index contributed by atoms with van der Waals surface area (Å²) in [6.45, 7) is 1.36. The number of carbonyl (C=O) groups is 2. The van der Waals surface area contributed by atoms with Crippen molar-refractivity contribution in [2.24, 2.45) is 0 Å². The first kappa shape index (κ1) is 17.4. The van der Waals surface area contributed by atoms with Gasteiger partial charge in [-0.05, 0) is 36.8 Å². The lowest BCUT2D eigenvalue weighted by atomic mass is 10.1. The lowest BCUT2D eigenvalue weighted by Gasteiger charge is -2.11. The van der Waals surface area contributed by atoms with Crippen LogP contribution in [0, 0.1) is 18.6 Å². The summed E-state index contributed by atoms with van der Waals surface area (Å²) in [5.41, 5.74) is 1.46. The van der Waals surface area contributed by atoms with Gasteiger partial charge in [-0.1, -0.05) is 6.07 Å². The maximum Gasteiger partial charge on any atom is 0.337 e. The summed E-state index contributed by atoms with van der Waals surface area (Å²) >= 11 is 0. The molecule has 0 radical (unpaired) electrons. The smallest absolute Gasteiger partial charge is 0.337 e. The van der Waals surface area contributed by atoms with Crippen LogP contribution in [0.25, 0.3) is 0 Å². The van der Waals surface area contributed by atoms with E-state index in [1.807, 2.05) is 0 Å². The highest BCUT2D eigenvalue weighted by molar-refractivity contribution is 5.95. The molecule has 0 fully saturated rings. The zero-order chi connectivity index (χ0) is 17.7. The summed E-state index contributed by atoms with van der Waals surface area (Å²) in [6, 6.07) is 7.70. The number of halogens is 2. The van der Waals surface area contributed by atoms with Crippen LogP contribution in [0.3, 0.4) is 0 Å².